The summed E-state index contributed by atoms with van der Waals surface area (Å²) in [4.78, 5) is 34.9. The number of fused-ring (bicyclic) bond motifs is 3. The highest BCUT2D eigenvalue weighted by atomic mass is 16.5. The number of hydrogen-bond acceptors (Lipinski definition) is 5. The molecule has 4 N–H and O–H groups in total. The van der Waals surface area contributed by atoms with Crippen molar-refractivity contribution in [2.75, 3.05) is 19.7 Å². The van der Waals surface area contributed by atoms with Crippen LogP contribution in [0.15, 0.2) is 48.5 Å². The molecule has 3 atom stereocenters. The Hall–Kier alpha value is -3.39. The van der Waals surface area contributed by atoms with E-state index in [1.54, 1.807) is 0 Å². The lowest BCUT2D eigenvalue weighted by atomic mass is 9.98. The summed E-state index contributed by atoms with van der Waals surface area (Å²) in [7, 11) is 0. The Bertz CT molecular complexity index is 978. The molecule has 8 nitrogen and oxygen atoms in total. The first-order valence-corrected chi connectivity index (χ1v) is 10.7. The first-order chi connectivity index (χ1) is 15.5. The third-order valence-electron chi connectivity index (χ3n) is 6.11. The highest BCUT2D eigenvalue weighted by Crippen LogP contribution is 2.44. The van der Waals surface area contributed by atoms with Crippen LogP contribution in [0.5, 0.6) is 0 Å². The molecule has 0 bridgehead atoms. The van der Waals surface area contributed by atoms with Gasteiger partial charge in [0.1, 0.15) is 6.61 Å². The number of amides is 2. The molecule has 2 amide bonds. The predicted molar refractivity (Wildman–Crippen MR) is 116 cm³/mol. The number of aliphatic hydroxyl groups is 1. The second-order valence-electron chi connectivity index (χ2n) is 8.24. The topological polar surface area (TPSA) is 125 Å². The first kappa shape index (κ1) is 21.8. The van der Waals surface area contributed by atoms with E-state index in [1.807, 2.05) is 24.3 Å². The van der Waals surface area contributed by atoms with Crippen LogP contribution in [-0.4, -0.2) is 54.0 Å². The van der Waals surface area contributed by atoms with E-state index in [2.05, 4.69) is 34.9 Å². The van der Waals surface area contributed by atoms with Gasteiger partial charge in [-0.15, -0.1) is 0 Å². The number of carboxylic acid groups (broad SMARTS) is 1. The number of hydrogen-bond donors (Lipinski definition) is 4. The Kier molecular flexibility index (Phi) is 6.41. The summed E-state index contributed by atoms with van der Waals surface area (Å²) < 4.78 is 5.49. The molecular weight excluding hydrogens is 412 g/mol. The van der Waals surface area contributed by atoms with Crippen molar-refractivity contribution in [3.8, 4) is 11.1 Å². The van der Waals surface area contributed by atoms with E-state index >= 15 is 0 Å². The van der Waals surface area contributed by atoms with Crippen molar-refractivity contribution in [2.24, 2.45) is 11.8 Å². The van der Waals surface area contributed by atoms with Gasteiger partial charge in [-0.25, -0.2) is 9.59 Å². The normalized spacial score (nSPS) is 19.4. The van der Waals surface area contributed by atoms with Crippen LogP contribution in [0.4, 0.5) is 4.79 Å². The number of carbonyl (C=O) groups excluding carboxylic acids is 2. The highest BCUT2D eigenvalue weighted by Gasteiger charge is 2.42. The molecule has 2 aliphatic carbocycles. The molecule has 0 spiro atoms. The van der Waals surface area contributed by atoms with E-state index in [9.17, 15) is 19.5 Å². The molecule has 32 heavy (non-hydrogen) atoms. The van der Waals surface area contributed by atoms with Gasteiger partial charge < -0.3 is 25.6 Å². The Morgan fingerprint density at radius 2 is 1.62 bits per heavy atom. The minimum atomic E-state index is -1.49. The van der Waals surface area contributed by atoms with E-state index in [1.165, 1.54) is 11.1 Å². The molecule has 168 valence electrons. The number of aliphatic carboxylic acids is 1. The Balaban J connectivity index is 1.20. The predicted octanol–water partition coefficient (Wildman–Crippen LogP) is 2.11. The Morgan fingerprint density at radius 1 is 1.00 bits per heavy atom. The van der Waals surface area contributed by atoms with Gasteiger partial charge in [-0.2, -0.15) is 0 Å². The molecule has 2 aromatic rings. The zero-order chi connectivity index (χ0) is 22.7. The van der Waals surface area contributed by atoms with Crippen LogP contribution in [0, 0.1) is 11.8 Å². The highest BCUT2D eigenvalue weighted by molar-refractivity contribution is 5.82. The number of rotatable bonds is 9. The molecule has 0 aromatic heterocycles. The van der Waals surface area contributed by atoms with E-state index in [4.69, 9.17) is 9.84 Å². The fraction of sp³-hybridized carbons (Fsp3) is 0.375. The van der Waals surface area contributed by atoms with Crippen molar-refractivity contribution in [1.82, 2.24) is 10.6 Å². The molecule has 0 saturated heterocycles. The maximum Gasteiger partial charge on any atom is 0.407 e. The summed E-state index contributed by atoms with van der Waals surface area (Å²) in [5, 5.41) is 23.2. The van der Waals surface area contributed by atoms with Gasteiger partial charge in [0.15, 0.2) is 6.10 Å². The van der Waals surface area contributed by atoms with Crippen molar-refractivity contribution < 1.29 is 29.3 Å². The summed E-state index contributed by atoms with van der Waals surface area (Å²) in [5.41, 5.74) is 4.63. The molecule has 0 heterocycles. The number of carbonyl (C=O) groups is 3. The van der Waals surface area contributed by atoms with Gasteiger partial charge in [-0.3, -0.25) is 4.79 Å². The van der Waals surface area contributed by atoms with Crippen LogP contribution in [0.3, 0.4) is 0 Å². The fourth-order valence-corrected chi connectivity index (χ4v) is 4.24. The number of aliphatic hydroxyl groups excluding tert-OH is 1. The van der Waals surface area contributed by atoms with Crippen LogP contribution in [0.2, 0.25) is 0 Å². The van der Waals surface area contributed by atoms with Crippen molar-refractivity contribution in [1.29, 1.82) is 0 Å². The number of alkyl carbamates (subject to hydrolysis) is 1. The summed E-state index contributed by atoms with van der Waals surface area (Å²) in [6, 6.07) is 16.2. The average molecular weight is 438 g/mol. The van der Waals surface area contributed by atoms with Gasteiger partial charge in [-0.1, -0.05) is 48.5 Å². The van der Waals surface area contributed by atoms with Crippen LogP contribution in [-0.2, 0) is 14.3 Å². The summed E-state index contributed by atoms with van der Waals surface area (Å²) in [6.45, 7) is 0.669. The molecule has 2 aromatic carbocycles. The minimum Gasteiger partial charge on any atom is -0.479 e. The summed E-state index contributed by atoms with van der Waals surface area (Å²) >= 11 is 0. The maximum absolute atomic E-state index is 12.2. The second kappa shape index (κ2) is 9.40. The third-order valence-corrected chi connectivity index (χ3v) is 6.11. The van der Waals surface area contributed by atoms with Gasteiger partial charge in [0, 0.05) is 31.3 Å². The molecule has 4 rings (SSSR count). The van der Waals surface area contributed by atoms with Crippen LogP contribution < -0.4 is 10.6 Å². The molecule has 0 aliphatic heterocycles. The molecule has 2 aliphatic rings. The maximum atomic E-state index is 12.2. The van der Waals surface area contributed by atoms with Crippen molar-refractivity contribution in [3.05, 3.63) is 59.7 Å². The van der Waals surface area contributed by atoms with E-state index < -0.39 is 18.2 Å². The van der Waals surface area contributed by atoms with Gasteiger partial charge in [0.05, 0.1) is 0 Å². The van der Waals surface area contributed by atoms with Gasteiger partial charge >= 0.3 is 12.1 Å². The zero-order valence-electron chi connectivity index (χ0n) is 17.5. The number of benzene rings is 2. The largest absolute Gasteiger partial charge is 0.479 e. The molecule has 1 unspecified atom stereocenters. The summed E-state index contributed by atoms with van der Waals surface area (Å²) in [5.74, 6) is -1.70. The van der Waals surface area contributed by atoms with E-state index in [-0.39, 0.29) is 43.2 Å². The van der Waals surface area contributed by atoms with Gasteiger partial charge in [0.25, 0.3) is 0 Å². The standard InChI is InChI=1S/C24H26N2O6/c27-21(23(29)30)9-10-25-22(28)19-11-14(19)12-26-24(31)32-13-20-17-7-3-1-5-15(17)16-6-2-4-8-18(16)20/h1-8,14,19-21,27H,9-13H2,(H,25,28)(H,26,31)(H,29,30)/t14-,19-,21?/m0/s1. The monoisotopic (exact) mass is 438 g/mol. The third kappa shape index (κ3) is 4.75. The molecule has 8 heteroatoms. The Labute approximate surface area is 185 Å². The fourth-order valence-electron chi connectivity index (χ4n) is 4.24. The number of nitrogens with one attached hydrogen (secondary N) is 2. The summed E-state index contributed by atoms with van der Waals surface area (Å²) in [6.07, 6.45) is -1.39. The smallest absolute Gasteiger partial charge is 0.407 e. The second-order valence-corrected chi connectivity index (χ2v) is 8.24. The minimum absolute atomic E-state index is 0.00578. The lowest BCUT2D eigenvalue weighted by molar-refractivity contribution is -0.147. The lowest BCUT2D eigenvalue weighted by Gasteiger charge is -2.14. The Morgan fingerprint density at radius 3 is 2.25 bits per heavy atom. The molecule has 0 radical (unpaired) electrons. The van der Waals surface area contributed by atoms with Crippen molar-refractivity contribution in [2.45, 2.75) is 24.9 Å². The molecule has 1 saturated carbocycles. The molecule has 1 fully saturated rings. The van der Waals surface area contributed by atoms with Crippen LogP contribution in [0.25, 0.3) is 11.1 Å². The number of carboxylic acids is 1. The van der Waals surface area contributed by atoms with Gasteiger partial charge in [0.2, 0.25) is 5.91 Å². The van der Waals surface area contributed by atoms with Gasteiger partial charge in [-0.05, 0) is 34.6 Å². The van der Waals surface area contributed by atoms with Crippen LogP contribution in [0.1, 0.15) is 29.9 Å². The average Bonchev–Trinajstić information content (AvgIpc) is 3.51. The van der Waals surface area contributed by atoms with E-state index in [0.29, 0.717) is 13.0 Å². The van der Waals surface area contributed by atoms with Crippen LogP contribution >= 0.6 is 0 Å². The van der Waals surface area contributed by atoms with Crippen molar-refractivity contribution in [3.63, 3.8) is 0 Å². The number of ether oxygens (including phenoxy) is 1. The molecular formula is C24H26N2O6. The quantitative estimate of drug-likeness (QED) is 0.475. The zero-order valence-corrected chi connectivity index (χ0v) is 17.5. The first-order valence-electron chi connectivity index (χ1n) is 10.7. The van der Waals surface area contributed by atoms with E-state index in [0.717, 1.165) is 11.1 Å². The lowest BCUT2D eigenvalue weighted by Crippen LogP contribution is -2.32. The SMILES string of the molecule is O=C(NC[C@@H]1C[C@@H]1C(=O)NCCC(O)C(=O)O)OCC1c2ccccc2-c2ccccc21. The van der Waals surface area contributed by atoms with Crippen molar-refractivity contribution >= 4 is 18.0 Å².